The molecule has 2 rings (SSSR count). The number of pyridine rings is 1. The second kappa shape index (κ2) is 5.71. The van der Waals surface area contributed by atoms with Crippen LogP contribution in [0.4, 0.5) is 4.39 Å². The Labute approximate surface area is 132 Å². The molecule has 118 valence electrons. The first kappa shape index (κ1) is 16.5. The van der Waals surface area contributed by atoms with Gasteiger partial charge in [0.2, 0.25) is 0 Å². The molecule has 0 fully saturated rings. The van der Waals surface area contributed by atoms with Gasteiger partial charge >= 0.3 is 0 Å². The van der Waals surface area contributed by atoms with Gasteiger partial charge in [-0.05, 0) is 49.9 Å². The Balaban J connectivity index is 2.28. The first-order valence-corrected chi connectivity index (χ1v) is 7.52. The summed E-state index contributed by atoms with van der Waals surface area (Å²) in [4.78, 5) is 4.37. The van der Waals surface area contributed by atoms with E-state index in [1.54, 1.807) is 12.3 Å². The fourth-order valence-corrected chi connectivity index (χ4v) is 2.25. The molecule has 0 saturated heterocycles. The van der Waals surface area contributed by atoms with Crippen LogP contribution < -0.4 is 4.74 Å². The Bertz CT molecular complexity index is 649. The molecule has 0 N–H and O–H groups in total. The van der Waals surface area contributed by atoms with Crippen molar-refractivity contribution in [1.29, 1.82) is 0 Å². The standard InChI is InChI=1S/C19H24FNO/c1-18(2,3)15-9-7-13(11-16(15)20)17-10-8-14(12-21-17)22-19(4,5)6/h7-12H,1-6H3. The number of nitrogens with zero attached hydrogens (tertiary/aromatic N) is 1. The molecule has 0 amide bonds. The second-order valence-electron chi connectivity index (χ2n) is 7.54. The zero-order chi connectivity index (χ0) is 16.5. The number of aromatic nitrogens is 1. The highest BCUT2D eigenvalue weighted by atomic mass is 19.1. The second-order valence-corrected chi connectivity index (χ2v) is 7.54. The van der Waals surface area contributed by atoms with E-state index in [0.29, 0.717) is 11.3 Å². The molecule has 0 atom stereocenters. The molecule has 1 aromatic heterocycles. The van der Waals surface area contributed by atoms with Gasteiger partial charge in [0, 0.05) is 5.56 Å². The third-order valence-corrected chi connectivity index (χ3v) is 3.23. The number of hydrogen-bond donors (Lipinski definition) is 0. The van der Waals surface area contributed by atoms with Crippen LogP contribution in [-0.4, -0.2) is 10.6 Å². The van der Waals surface area contributed by atoms with E-state index in [2.05, 4.69) is 4.98 Å². The lowest BCUT2D eigenvalue weighted by molar-refractivity contribution is 0.130. The molecular weight excluding hydrogens is 277 g/mol. The van der Waals surface area contributed by atoms with Crippen molar-refractivity contribution >= 4 is 0 Å². The van der Waals surface area contributed by atoms with Gasteiger partial charge in [-0.25, -0.2) is 4.39 Å². The third kappa shape index (κ3) is 4.06. The van der Waals surface area contributed by atoms with Crippen LogP contribution in [0, 0.1) is 5.82 Å². The van der Waals surface area contributed by atoms with E-state index in [9.17, 15) is 4.39 Å². The summed E-state index contributed by atoms with van der Waals surface area (Å²) >= 11 is 0. The van der Waals surface area contributed by atoms with Crippen LogP contribution in [0.15, 0.2) is 36.5 Å². The van der Waals surface area contributed by atoms with E-state index < -0.39 is 0 Å². The van der Waals surface area contributed by atoms with Crippen LogP contribution >= 0.6 is 0 Å². The number of halogens is 1. The predicted octanol–water partition coefficient (Wildman–Crippen LogP) is 5.36. The lowest BCUT2D eigenvalue weighted by Crippen LogP contribution is -2.22. The summed E-state index contributed by atoms with van der Waals surface area (Å²) in [5.74, 6) is 0.518. The van der Waals surface area contributed by atoms with E-state index in [-0.39, 0.29) is 16.8 Å². The first-order valence-electron chi connectivity index (χ1n) is 7.52. The lowest BCUT2D eigenvalue weighted by Gasteiger charge is -2.21. The molecule has 0 radical (unpaired) electrons. The van der Waals surface area contributed by atoms with Crippen molar-refractivity contribution in [3.8, 4) is 17.0 Å². The SMILES string of the molecule is CC(C)(C)Oc1ccc(-c2ccc(C(C)(C)C)c(F)c2)nc1. The number of benzene rings is 1. The van der Waals surface area contributed by atoms with E-state index in [0.717, 1.165) is 11.3 Å². The maximum Gasteiger partial charge on any atom is 0.138 e. The van der Waals surface area contributed by atoms with Crippen LogP contribution in [0.3, 0.4) is 0 Å². The van der Waals surface area contributed by atoms with Crippen molar-refractivity contribution in [2.45, 2.75) is 52.6 Å². The lowest BCUT2D eigenvalue weighted by atomic mass is 9.86. The average molecular weight is 301 g/mol. The molecular formula is C19H24FNO. The smallest absolute Gasteiger partial charge is 0.138 e. The molecule has 0 saturated carbocycles. The molecule has 22 heavy (non-hydrogen) atoms. The minimum atomic E-state index is -0.260. The van der Waals surface area contributed by atoms with Gasteiger partial charge in [-0.1, -0.05) is 32.9 Å². The molecule has 3 heteroatoms. The fourth-order valence-electron chi connectivity index (χ4n) is 2.25. The molecule has 2 aromatic rings. The Hall–Kier alpha value is -1.90. The highest BCUT2D eigenvalue weighted by molar-refractivity contribution is 5.60. The number of ether oxygens (including phenoxy) is 1. The van der Waals surface area contributed by atoms with Gasteiger partial charge < -0.3 is 4.74 Å². The maximum absolute atomic E-state index is 14.3. The van der Waals surface area contributed by atoms with Crippen LogP contribution in [0.2, 0.25) is 0 Å². The number of rotatable bonds is 2. The van der Waals surface area contributed by atoms with Crippen molar-refractivity contribution in [3.05, 3.63) is 47.9 Å². The van der Waals surface area contributed by atoms with Crippen molar-refractivity contribution < 1.29 is 9.13 Å². The van der Waals surface area contributed by atoms with Gasteiger partial charge in [0.1, 0.15) is 17.2 Å². The van der Waals surface area contributed by atoms with Gasteiger partial charge in [0.15, 0.2) is 0 Å². The minimum Gasteiger partial charge on any atom is -0.487 e. The van der Waals surface area contributed by atoms with Crippen molar-refractivity contribution in [2.75, 3.05) is 0 Å². The first-order chi connectivity index (χ1) is 10.1. The van der Waals surface area contributed by atoms with Gasteiger partial charge in [0.05, 0.1) is 11.9 Å². The monoisotopic (exact) mass is 301 g/mol. The predicted molar refractivity (Wildman–Crippen MR) is 88.7 cm³/mol. The van der Waals surface area contributed by atoms with Crippen LogP contribution in [0.5, 0.6) is 5.75 Å². The van der Waals surface area contributed by atoms with Gasteiger partial charge in [-0.15, -0.1) is 0 Å². The summed E-state index contributed by atoms with van der Waals surface area (Å²) in [5, 5.41) is 0. The van der Waals surface area contributed by atoms with Crippen molar-refractivity contribution in [3.63, 3.8) is 0 Å². The molecule has 0 aliphatic rings. The third-order valence-electron chi connectivity index (χ3n) is 3.23. The van der Waals surface area contributed by atoms with E-state index in [1.807, 2.05) is 65.8 Å². The molecule has 0 aliphatic heterocycles. The van der Waals surface area contributed by atoms with Gasteiger partial charge in [0.25, 0.3) is 0 Å². The summed E-state index contributed by atoms with van der Waals surface area (Å²) in [6.45, 7) is 12.0. The summed E-state index contributed by atoms with van der Waals surface area (Å²) < 4.78 is 20.0. The van der Waals surface area contributed by atoms with E-state index >= 15 is 0 Å². The zero-order valence-electron chi connectivity index (χ0n) is 14.2. The van der Waals surface area contributed by atoms with Crippen LogP contribution in [-0.2, 0) is 5.41 Å². The Morgan fingerprint density at radius 1 is 0.955 bits per heavy atom. The molecule has 0 spiro atoms. The molecule has 0 aliphatic carbocycles. The Kier molecular flexibility index (Phi) is 4.28. The largest absolute Gasteiger partial charge is 0.487 e. The summed E-state index contributed by atoms with van der Waals surface area (Å²) in [6.07, 6.45) is 1.68. The number of hydrogen-bond acceptors (Lipinski definition) is 2. The topological polar surface area (TPSA) is 22.1 Å². The van der Waals surface area contributed by atoms with Crippen molar-refractivity contribution in [1.82, 2.24) is 4.98 Å². The molecule has 1 heterocycles. The Morgan fingerprint density at radius 3 is 2.09 bits per heavy atom. The zero-order valence-corrected chi connectivity index (χ0v) is 14.2. The molecule has 0 bridgehead atoms. The summed E-state index contributed by atoms with van der Waals surface area (Å²) in [7, 11) is 0. The van der Waals surface area contributed by atoms with Crippen LogP contribution in [0.1, 0.15) is 47.1 Å². The van der Waals surface area contributed by atoms with Crippen molar-refractivity contribution in [2.24, 2.45) is 0 Å². The van der Waals surface area contributed by atoms with Gasteiger partial charge in [-0.2, -0.15) is 0 Å². The van der Waals surface area contributed by atoms with Gasteiger partial charge in [-0.3, -0.25) is 4.98 Å². The Morgan fingerprint density at radius 2 is 1.64 bits per heavy atom. The van der Waals surface area contributed by atoms with Crippen LogP contribution in [0.25, 0.3) is 11.3 Å². The minimum absolute atomic E-state index is 0.193. The summed E-state index contributed by atoms with van der Waals surface area (Å²) in [5.41, 5.74) is 1.75. The van der Waals surface area contributed by atoms with E-state index in [4.69, 9.17) is 4.74 Å². The fraction of sp³-hybridized carbons (Fsp3) is 0.421. The molecule has 0 unspecified atom stereocenters. The maximum atomic E-state index is 14.3. The quantitative estimate of drug-likeness (QED) is 0.744. The molecule has 2 nitrogen and oxygen atoms in total. The highest BCUT2D eigenvalue weighted by Gasteiger charge is 2.19. The summed E-state index contributed by atoms with van der Waals surface area (Å²) in [6, 6.07) is 9.02. The highest BCUT2D eigenvalue weighted by Crippen LogP contribution is 2.29. The average Bonchev–Trinajstić information content (AvgIpc) is 2.36. The normalized spacial score (nSPS) is 12.3. The van der Waals surface area contributed by atoms with E-state index in [1.165, 1.54) is 0 Å². The molecule has 1 aromatic carbocycles.